The zero-order valence-corrected chi connectivity index (χ0v) is 21.7. The Morgan fingerprint density at radius 1 is 0.579 bits per heavy atom. The molecule has 0 aromatic heterocycles. The normalized spacial score (nSPS) is 26.6. The maximum absolute atomic E-state index is 11.9. The highest BCUT2D eigenvalue weighted by atomic mass is 16.7. The molecule has 210 valence electrons. The Bertz CT molecular complexity index is 932. The molecule has 14 nitrogen and oxygen atoms in total. The molecule has 0 spiro atoms. The van der Waals surface area contributed by atoms with Gasteiger partial charge in [0.05, 0.1) is 0 Å². The quantitative estimate of drug-likeness (QED) is 0.289. The largest absolute Gasteiger partial charge is 0.463 e. The molecule has 0 unspecified atom stereocenters. The van der Waals surface area contributed by atoms with E-state index in [0.717, 1.165) is 27.7 Å². The van der Waals surface area contributed by atoms with Crippen LogP contribution >= 0.6 is 0 Å². The molecule has 2 rings (SSSR count). The molecule has 0 aromatic rings. The van der Waals surface area contributed by atoms with Crippen molar-refractivity contribution in [1.29, 1.82) is 0 Å². The van der Waals surface area contributed by atoms with Crippen molar-refractivity contribution in [1.82, 2.24) is 0 Å². The Hall–Kier alpha value is -3.78. The molecule has 0 aliphatic carbocycles. The van der Waals surface area contributed by atoms with Crippen molar-refractivity contribution in [3.05, 3.63) is 23.7 Å². The van der Waals surface area contributed by atoms with Crippen LogP contribution in [0.15, 0.2) is 23.7 Å². The lowest BCUT2D eigenvalue weighted by molar-refractivity contribution is -0.202. The number of carbonyl (C=O) groups is 6. The summed E-state index contributed by atoms with van der Waals surface area (Å²) < 4.78 is 43.2. The molecular formula is C24H30O14. The van der Waals surface area contributed by atoms with E-state index in [1.165, 1.54) is 26.0 Å². The Morgan fingerprint density at radius 2 is 0.921 bits per heavy atom. The third kappa shape index (κ3) is 9.27. The predicted octanol–water partition coefficient (Wildman–Crippen LogP) is 0.405. The maximum atomic E-state index is 11.9. The van der Waals surface area contributed by atoms with E-state index in [0.29, 0.717) is 0 Å². The molecule has 0 amide bonds. The van der Waals surface area contributed by atoms with Crippen molar-refractivity contribution in [2.45, 2.75) is 78.2 Å². The van der Waals surface area contributed by atoms with Crippen molar-refractivity contribution >= 4 is 35.8 Å². The monoisotopic (exact) mass is 542 g/mol. The van der Waals surface area contributed by atoms with Gasteiger partial charge in [-0.3, -0.25) is 28.8 Å². The highest BCUT2D eigenvalue weighted by Gasteiger charge is 2.47. The summed E-state index contributed by atoms with van der Waals surface area (Å²) >= 11 is 0. The summed E-state index contributed by atoms with van der Waals surface area (Å²) in [5.74, 6) is -4.50. The predicted molar refractivity (Wildman–Crippen MR) is 121 cm³/mol. The minimum atomic E-state index is -1.32. The second-order valence-electron chi connectivity index (χ2n) is 8.27. The van der Waals surface area contributed by atoms with Gasteiger partial charge in [0, 0.05) is 53.7 Å². The Kier molecular flexibility index (Phi) is 11.0. The van der Waals surface area contributed by atoms with Crippen molar-refractivity contribution in [3.63, 3.8) is 0 Å². The van der Waals surface area contributed by atoms with E-state index in [1.807, 2.05) is 0 Å². The summed E-state index contributed by atoms with van der Waals surface area (Å²) in [5.41, 5.74) is 0. The number of hydrogen-bond donors (Lipinski definition) is 0. The summed E-state index contributed by atoms with van der Waals surface area (Å²) in [6, 6.07) is 0. The molecule has 0 saturated carbocycles. The van der Waals surface area contributed by atoms with E-state index in [9.17, 15) is 28.8 Å². The van der Waals surface area contributed by atoms with Crippen LogP contribution in [0.25, 0.3) is 0 Å². The van der Waals surface area contributed by atoms with Gasteiger partial charge in [-0.2, -0.15) is 0 Å². The first-order valence-electron chi connectivity index (χ1n) is 11.5. The van der Waals surface area contributed by atoms with Crippen LogP contribution in [0.3, 0.4) is 0 Å². The van der Waals surface area contributed by atoms with Gasteiger partial charge >= 0.3 is 35.8 Å². The summed E-state index contributed by atoms with van der Waals surface area (Å²) in [6.07, 6.45) is -4.54. The van der Waals surface area contributed by atoms with E-state index < -0.39 is 72.4 Å². The lowest BCUT2D eigenvalue weighted by Gasteiger charge is -2.41. The number of carbonyl (C=O) groups excluding carboxylic acids is 6. The molecule has 0 N–H and O–H groups in total. The average Bonchev–Trinajstić information content (AvgIpc) is 2.76. The van der Waals surface area contributed by atoms with Crippen LogP contribution in [0.1, 0.15) is 41.5 Å². The van der Waals surface area contributed by atoms with Gasteiger partial charge in [0.15, 0.2) is 12.2 Å². The van der Waals surface area contributed by atoms with Crippen molar-refractivity contribution in [3.8, 4) is 0 Å². The molecule has 2 aliphatic rings. The molecule has 6 atom stereocenters. The van der Waals surface area contributed by atoms with Gasteiger partial charge in [0.2, 0.25) is 0 Å². The molecule has 0 radical (unpaired) electrons. The van der Waals surface area contributed by atoms with E-state index >= 15 is 0 Å². The SMILES string of the molecule is CC(=O)OC[C@@H]1O[C@H]([C@H]2O[C@H](COC(C)=O)[C@@H](OC(C)=O)C=C2OC(C)=O)C(OC(C)=O)=C[C@@H]1OC(C)=O. The minimum absolute atomic E-state index is 0.164. The lowest BCUT2D eigenvalue weighted by Crippen LogP contribution is -2.53. The van der Waals surface area contributed by atoms with Gasteiger partial charge in [0.25, 0.3) is 0 Å². The van der Waals surface area contributed by atoms with Crippen LogP contribution in [-0.2, 0) is 66.7 Å². The number of ether oxygens (including phenoxy) is 8. The number of rotatable bonds is 9. The highest BCUT2D eigenvalue weighted by molar-refractivity contribution is 5.69. The second kappa shape index (κ2) is 13.7. The fourth-order valence-electron chi connectivity index (χ4n) is 3.62. The van der Waals surface area contributed by atoms with Crippen LogP contribution in [0, 0.1) is 0 Å². The van der Waals surface area contributed by atoms with E-state index in [-0.39, 0.29) is 24.7 Å². The molecular weight excluding hydrogens is 512 g/mol. The zero-order chi connectivity index (χ0) is 28.6. The first-order chi connectivity index (χ1) is 17.8. The van der Waals surface area contributed by atoms with Gasteiger partial charge in [-0.05, 0) is 0 Å². The third-order valence-electron chi connectivity index (χ3n) is 4.90. The van der Waals surface area contributed by atoms with Crippen molar-refractivity contribution < 1.29 is 66.7 Å². The average molecular weight is 542 g/mol. The zero-order valence-electron chi connectivity index (χ0n) is 21.7. The third-order valence-corrected chi connectivity index (χ3v) is 4.90. The maximum Gasteiger partial charge on any atom is 0.307 e. The van der Waals surface area contributed by atoms with Crippen LogP contribution < -0.4 is 0 Å². The smallest absolute Gasteiger partial charge is 0.307 e. The molecule has 0 aromatic carbocycles. The first kappa shape index (κ1) is 30.4. The Labute approximate surface area is 218 Å². The molecule has 2 aliphatic heterocycles. The van der Waals surface area contributed by atoms with Gasteiger partial charge < -0.3 is 37.9 Å². The Balaban J connectivity index is 2.57. The van der Waals surface area contributed by atoms with Crippen LogP contribution in [0.2, 0.25) is 0 Å². The van der Waals surface area contributed by atoms with Crippen LogP contribution in [-0.4, -0.2) is 85.7 Å². The molecule has 2 heterocycles. The van der Waals surface area contributed by atoms with E-state index in [1.54, 1.807) is 0 Å². The molecule has 0 saturated heterocycles. The van der Waals surface area contributed by atoms with Crippen LogP contribution in [0.5, 0.6) is 0 Å². The first-order valence-corrected chi connectivity index (χ1v) is 11.5. The van der Waals surface area contributed by atoms with Crippen LogP contribution in [0.4, 0.5) is 0 Å². The summed E-state index contributed by atoms with van der Waals surface area (Å²) in [7, 11) is 0. The van der Waals surface area contributed by atoms with Gasteiger partial charge in [-0.25, -0.2) is 0 Å². The number of esters is 6. The Morgan fingerprint density at radius 3 is 1.18 bits per heavy atom. The van der Waals surface area contributed by atoms with E-state index in [2.05, 4.69) is 0 Å². The minimum Gasteiger partial charge on any atom is -0.463 e. The standard InChI is InChI=1S/C24H30O14/c1-11(25)31-9-21-17(33-13(3)27)7-19(35-15(5)29)23(37-21)24-20(36-16(6)30)8-18(34-14(4)28)22(38-24)10-32-12(2)26/h7-8,17-18,21-24H,9-10H2,1-6H3/t17-,18-,21-,22+,23-,24-/m0/s1. The fraction of sp³-hybridized carbons (Fsp3) is 0.583. The van der Waals surface area contributed by atoms with Gasteiger partial charge in [-0.15, -0.1) is 0 Å². The molecule has 14 heteroatoms. The lowest BCUT2D eigenvalue weighted by atomic mass is 9.98. The molecule has 0 fully saturated rings. The van der Waals surface area contributed by atoms with Crippen molar-refractivity contribution in [2.24, 2.45) is 0 Å². The summed E-state index contributed by atoms with van der Waals surface area (Å²) in [5, 5.41) is 0. The molecule has 38 heavy (non-hydrogen) atoms. The highest BCUT2D eigenvalue weighted by Crippen LogP contribution is 2.34. The van der Waals surface area contributed by atoms with Gasteiger partial charge in [-0.1, -0.05) is 0 Å². The molecule has 0 bridgehead atoms. The summed E-state index contributed by atoms with van der Waals surface area (Å²) in [6.45, 7) is 6.15. The van der Waals surface area contributed by atoms with E-state index in [4.69, 9.17) is 37.9 Å². The number of hydrogen-bond acceptors (Lipinski definition) is 14. The summed E-state index contributed by atoms with van der Waals surface area (Å²) in [4.78, 5) is 70.0. The second-order valence-corrected chi connectivity index (χ2v) is 8.27. The fourth-order valence-corrected chi connectivity index (χ4v) is 3.62. The van der Waals surface area contributed by atoms with Crippen molar-refractivity contribution in [2.75, 3.05) is 13.2 Å². The topological polar surface area (TPSA) is 176 Å². The van der Waals surface area contributed by atoms with Gasteiger partial charge in [0.1, 0.15) is 49.1 Å².